The van der Waals surface area contributed by atoms with Crippen molar-refractivity contribution in [1.29, 1.82) is 0 Å². The molecule has 1 amide bonds. The number of hydrogen-bond donors (Lipinski definition) is 1. The second kappa shape index (κ2) is 16.4. The molecule has 320 valence electrons. The van der Waals surface area contributed by atoms with E-state index in [2.05, 4.69) is 57.9 Å². The van der Waals surface area contributed by atoms with E-state index in [1.807, 2.05) is 4.90 Å². The molecule has 2 unspecified atom stereocenters. The Labute approximate surface area is 351 Å². The Morgan fingerprint density at radius 2 is 1.68 bits per heavy atom. The van der Waals surface area contributed by atoms with Crippen LogP contribution in [0.3, 0.4) is 0 Å². The maximum atomic E-state index is 17.8. The number of ether oxygens (including phenoxy) is 3. The molecule has 0 radical (unpaired) electrons. The van der Waals surface area contributed by atoms with E-state index in [0.29, 0.717) is 88.8 Å². The van der Waals surface area contributed by atoms with Crippen LogP contribution in [0.25, 0.3) is 32.8 Å². The Morgan fingerprint density at radius 3 is 2.35 bits per heavy atom. The van der Waals surface area contributed by atoms with Crippen molar-refractivity contribution in [1.82, 2.24) is 19.8 Å². The molecule has 14 heteroatoms. The molecule has 10 nitrogen and oxygen atoms in total. The van der Waals surface area contributed by atoms with Crippen LogP contribution in [0.15, 0.2) is 36.4 Å². The first-order chi connectivity index (χ1) is 28.7. The fraction of sp³-hybridized carbons (Fsp3) is 0.543. The maximum Gasteiger partial charge on any atom is 0.407 e. The number of amides is 1. The van der Waals surface area contributed by atoms with Gasteiger partial charge in [-0.05, 0) is 84.1 Å². The SMILES string of the molecule is COCOc1cc(-c2ccc3c(N4CC5CCC(C4)N5C(=O)O)nc(OC[C@@]45CCCN4C[C@H](F)C5)nc3c2F)c2c(C#C[Si](C(C)C)(C(C)C)C(C)C)c(F)ccc2c1. The maximum absolute atomic E-state index is 17.8. The fourth-order valence-electron chi connectivity index (χ4n) is 11.2. The summed E-state index contributed by atoms with van der Waals surface area (Å²) in [5.41, 5.74) is 4.85. The number of carbonyl (C=O) groups is 1. The number of fused-ring (bicyclic) bond motifs is 5. The third-order valence-corrected chi connectivity index (χ3v) is 20.2. The number of halogens is 3. The zero-order chi connectivity index (χ0) is 42.7. The standard InChI is InChI=1S/C46H56F3N5O5Si/c1-27(2)60(28(3)4,29(5)6)18-15-36-39(48)14-9-30-19-34(59-26-57-7)20-38(40(30)36)35-12-13-37-42(41(35)49)50-44(58-25-46-16-8-17-53(46)22-31(47)21-46)51-43(37)52-23-32-10-11-33(24-52)54(32)45(55)56/h9,12-14,19-20,27-29,31-33H,8,10-11,16-17,21-26H2,1-7H3,(H,55,56)/t31-,32?,33?,46+/m1/s1. The minimum Gasteiger partial charge on any atom is -0.468 e. The number of hydrogen-bond acceptors (Lipinski definition) is 8. The second-order valence-electron chi connectivity index (χ2n) is 18.2. The minimum atomic E-state index is -2.31. The Hall–Kier alpha value is -4.58. The third-order valence-electron chi connectivity index (χ3n) is 13.9. The van der Waals surface area contributed by atoms with Crippen LogP contribution in [0, 0.1) is 23.1 Å². The first-order valence-corrected chi connectivity index (χ1v) is 23.6. The van der Waals surface area contributed by atoms with Crippen LogP contribution in [-0.4, -0.2) is 110 Å². The van der Waals surface area contributed by atoms with Crippen LogP contribution in [0.2, 0.25) is 16.6 Å². The van der Waals surface area contributed by atoms with E-state index in [1.165, 1.54) is 18.1 Å². The van der Waals surface area contributed by atoms with Crippen LogP contribution in [0.4, 0.5) is 23.8 Å². The van der Waals surface area contributed by atoms with Gasteiger partial charge >= 0.3 is 12.1 Å². The van der Waals surface area contributed by atoms with Gasteiger partial charge in [0.2, 0.25) is 0 Å². The zero-order valence-corrected chi connectivity index (χ0v) is 36.7. The van der Waals surface area contributed by atoms with E-state index in [1.54, 1.807) is 30.3 Å². The average Bonchev–Trinajstić information content (AvgIpc) is 3.83. The van der Waals surface area contributed by atoms with Gasteiger partial charge in [-0.2, -0.15) is 9.97 Å². The summed E-state index contributed by atoms with van der Waals surface area (Å²) >= 11 is 0. The molecule has 4 atom stereocenters. The second-order valence-corrected chi connectivity index (χ2v) is 23.8. The van der Waals surface area contributed by atoms with Gasteiger partial charge in [0.05, 0.1) is 23.2 Å². The van der Waals surface area contributed by atoms with Crippen LogP contribution >= 0.6 is 0 Å². The highest BCUT2D eigenvalue weighted by Gasteiger charge is 2.50. The van der Waals surface area contributed by atoms with Crippen molar-refractivity contribution in [2.45, 2.75) is 114 Å². The summed E-state index contributed by atoms with van der Waals surface area (Å²) < 4.78 is 66.3. The monoisotopic (exact) mass is 843 g/mol. The van der Waals surface area contributed by atoms with Gasteiger partial charge in [0.25, 0.3) is 0 Å². The van der Waals surface area contributed by atoms with Gasteiger partial charge < -0.3 is 24.2 Å². The molecule has 60 heavy (non-hydrogen) atoms. The quantitative estimate of drug-likeness (QED) is 0.0900. The molecular weight excluding hydrogens is 788 g/mol. The van der Waals surface area contributed by atoms with Crippen molar-refractivity contribution in [2.24, 2.45) is 0 Å². The lowest BCUT2D eigenvalue weighted by atomic mass is 9.93. The van der Waals surface area contributed by atoms with E-state index in [9.17, 15) is 14.3 Å². The highest BCUT2D eigenvalue weighted by Crippen LogP contribution is 2.45. The van der Waals surface area contributed by atoms with Crippen molar-refractivity contribution >= 4 is 41.7 Å². The molecule has 8 rings (SSSR count). The molecule has 0 aliphatic carbocycles. The molecule has 3 aromatic carbocycles. The number of methoxy groups -OCH3 is 1. The van der Waals surface area contributed by atoms with Crippen molar-refractivity contribution in [2.75, 3.05) is 51.6 Å². The van der Waals surface area contributed by atoms with E-state index in [0.717, 1.165) is 19.4 Å². The average molecular weight is 844 g/mol. The summed E-state index contributed by atoms with van der Waals surface area (Å²) in [5, 5.41) is 11.5. The summed E-state index contributed by atoms with van der Waals surface area (Å²) in [6.45, 7) is 15.2. The summed E-state index contributed by atoms with van der Waals surface area (Å²) in [6.07, 6.45) is 1.57. The molecule has 5 heterocycles. The van der Waals surface area contributed by atoms with Crippen LogP contribution in [0.1, 0.15) is 79.2 Å². The normalized spacial score (nSPS) is 23.0. The van der Waals surface area contributed by atoms with Crippen molar-refractivity contribution in [3.05, 3.63) is 53.6 Å². The Kier molecular flexibility index (Phi) is 11.5. The molecule has 4 saturated heterocycles. The number of benzene rings is 3. The number of alkyl halides is 1. The lowest BCUT2D eigenvalue weighted by molar-refractivity contribution is 0.0512. The molecule has 4 aromatic rings. The van der Waals surface area contributed by atoms with E-state index in [-0.39, 0.29) is 48.1 Å². The van der Waals surface area contributed by atoms with Gasteiger partial charge in [-0.3, -0.25) is 9.80 Å². The highest BCUT2D eigenvalue weighted by molar-refractivity contribution is 6.90. The number of anilines is 1. The van der Waals surface area contributed by atoms with Gasteiger partial charge in [-0.1, -0.05) is 59.6 Å². The molecule has 1 N–H and O–H groups in total. The van der Waals surface area contributed by atoms with E-state index < -0.39 is 37.5 Å². The Morgan fingerprint density at radius 1 is 0.967 bits per heavy atom. The van der Waals surface area contributed by atoms with Crippen molar-refractivity contribution in [3.8, 4) is 34.4 Å². The third kappa shape index (κ3) is 7.24. The highest BCUT2D eigenvalue weighted by atomic mass is 28.3. The predicted octanol–water partition coefficient (Wildman–Crippen LogP) is 9.57. The van der Waals surface area contributed by atoms with E-state index >= 15 is 8.78 Å². The van der Waals surface area contributed by atoms with Crippen LogP contribution < -0.4 is 14.4 Å². The lowest BCUT2D eigenvalue weighted by Gasteiger charge is -2.40. The number of nitrogens with zero attached hydrogens (tertiary/aromatic N) is 5. The summed E-state index contributed by atoms with van der Waals surface area (Å²) in [7, 11) is -0.794. The first-order valence-electron chi connectivity index (χ1n) is 21.4. The van der Waals surface area contributed by atoms with Gasteiger partial charge in [-0.15, -0.1) is 5.54 Å². The van der Waals surface area contributed by atoms with Gasteiger partial charge in [0.15, 0.2) is 12.6 Å². The largest absolute Gasteiger partial charge is 0.468 e. The predicted molar refractivity (Wildman–Crippen MR) is 230 cm³/mol. The molecule has 4 aliphatic rings. The van der Waals surface area contributed by atoms with Gasteiger partial charge in [0.1, 0.15) is 43.8 Å². The Balaban J connectivity index is 1.31. The summed E-state index contributed by atoms with van der Waals surface area (Å²) in [5.74, 6) is 3.02. The van der Waals surface area contributed by atoms with E-state index in [4.69, 9.17) is 24.2 Å². The molecule has 4 aliphatic heterocycles. The first kappa shape index (κ1) is 42.1. The number of rotatable bonds is 11. The molecule has 4 fully saturated rings. The lowest BCUT2D eigenvalue weighted by Crippen LogP contribution is -2.55. The minimum absolute atomic E-state index is 0.00215. The van der Waals surface area contributed by atoms with Crippen molar-refractivity contribution in [3.63, 3.8) is 0 Å². The molecule has 2 bridgehead atoms. The zero-order valence-electron chi connectivity index (χ0n) is 35.7. The van der Waals surface area contributed by atoms with Gasteiger partial charge in [0, 0.05) is 49.5 Å². The topological polar surface area (TPSA) is 100 Å². The number of carboxylic acid groups (broad SMARTS) is 1. The smallest absolute Gasteiger partial charge is 0.407 e. The number of aromatic nitrogens is 2. The van der Waals surface area contributed by atoms with Gasteiger partial charge in [-0.25, -0.2) is 18.0 Å². The van der Waals surface area contributed by atoms with Crippen LogP contribution in [-0.2, 0) is 4.74 Å². The number of piperazine rings is 1. The summed E-state index contributed by atoms with van der Waals surface area (Å²) in [6, 6.07) is 9.44. The Bertz CT molecular complexity index is 2330. The molecule has 0 saturated carbocycles. The van der Waals surface area contributed by atoms with Crippen LogP contribution in [0.5, 0.6) is 11.8 Å². The molecule has 1 aromatic heterocycles. The molecule has 0 spiro atoms. The fourth-order valence-corrected chi connectivity index (χ4v) is 16.4. The van der Waals surface area contributed by atoms with Crippen molar-refractivity contribution < 1.29 is 37.3 Å². The molecular formula is C46H56F3N5O5Si. The summed E-state index contributed by atoms with van der Waals surface area (Å²) in [4.78, 5) is 27.5.